The number of nitrogens with one attached hydrogen (secondary N) is 1. The van der Waals surface area contributed by atoms with Gasteiger partial charge in [0.25, 0.3) is 0 Å². The van der Waals surface area contributed by atoms with E-state index in [1.54, 1.807) is 18.2 Å². The van der Waals surface area contributed by atoms with Gasteiger partial charge in [-0.2, -0.15) is 10.5 Å². The molecule has 2 fully saturated rings. The van der Waals surface area contributed by atoms with Gasteiger partial charge in [-0.05, 0) is 29.8 Å². The number of hydrogen-bond donors (Lipinski definition) is 1. The van der Waals surface area contributed by atoms with Crippen molar-refractivity contribution in [2.75, 3.05) is 44.3 Å². The first kappa shape index (κ1) is 20.9. The number of aromatic amines is 1. The predicted molar refractivity (Wildman–Crippen MR) is 128 cm³/mol. The van der Waals surface area contributed by atoms with Crippen LogP contribution in [0.1, 0.15) is 52.2 Å². The van der Waals surface area contributed by atoms with Gasteiger partial charge < -0.3 is 14.6 Å². The Morgan fingerprint density at radius 1 is 1.06 bits per heavy atom. The lowest BCUT2D eigenvalue weighted by Gasteiger charge is -2.43. The number of piperazine rings is 1. The summed E-state index contributed by atoms with van der Waals surface area (Å²) in [5, 5.41) is 20.1. The van der Waals surface area contributed by atoms with Crippen LogP contribution < -0.4 is 4.90 Å². The second-order valence-corrected chi connectivity index (χ2v) is 9.94. The SMILES string of the molecule is CC1(C)c2cc(N3CCN(C4COC4)CC3)c(C#N)cc2C(=O)c2c1[nH]c1cc(C#N)ccc21. The molecular formula is C27H25N5O2. The molecule has 3 aliphatic rings. The molecule has 2 saturated heterocycles. The first-order valence-electron chi connectivity index (χ1n) is 11.7. The number of anilines is 1. The molecule has 0 amide bonds. The van der Waals surface area contributed by atoms with Gasteiger partial charge in [0, 0.05) is 53.8 Å². The quantitative estimate of drug-likeness (QED) is 0.642. The normalized spacial score (nSPS) is 19.8. The number of H-pyrrole nitrogens is 1. The fourth-order valence-electron chi connectivity index (χ4n) is 5.65. The van der Waals surface area contributed by atoms with Crippen LogP contribution in [-0.2, 0) is 10.2 Å². The smallest absolute Gasteiger partial charge is 0.195 e. The molecule has 34 heavy (non-hydrogen) atoms. The van der Waals surface area contributed by atoms with Crippen molar-refractivity contribution in [2.24, 2.45) is 0 Å². The lowest BCUT2D eigenvalue weighted by molar-refractivity contribution is -0.0660. The Bertz CT molecular complexity index is 1430. The van der Waals surface area contributed by atoms with Gasteiger partial charge in [0.15, 0.2) is 5.78 Å². The molecule has 1 aromatic heterocycles. The summed E-state index contributed by atoms with van der Waals surface area (Å²) in [7, 11) is 0. The number of benzene rings is 2. The van der Waals surface area contributed by atoms with Crippen molar-refractivity contribution < 1.29 is 9.53 Å². The van der Waals surface area contributed by atoms with E-state index in [9.17, 15) is 15.3 Å². The van der Waals surface area contributed by atoms with Crippen molar-refractivity contribution in [3.63, 3.8) is 0 Å². The molecule has 0 radical (unpaired) electrons. The van der Waals surface area contributed by atoms with E-state index in [1.165, 1.54) is 0 Å². The topological polar surface area (TPSA) is 96.2 Å². The highest BCUT2D eigenvalue weighted by Gasteiger charge is 2.41. The van der Waals surface area contributed by atoms with Gasteiger partial charge >= 0.3 is 0 Å². The maximum absolute atomic E-state index is 13.7. The molecule has 0 saturated carbocycles. The fourth-order valence-corrected chi connectivity index (χ4v) is 5.65. The number of aromatic nitrogens is 1. The highest BCUT2D eigenvalue weighted by Crippen LogP contribution is 2.45. The van der Waals surface area contributed by atoms with Crippen LogP contribution in [0.15, 0.2) is 30.3 Å². The highest BCUT2D eigenvalue weighted by molar-refractivity contribution is 6.20. The van der Waals surface area contributed by atoms with E-state index in [0.717, 1.165) is 67.2 Å². The van der Waals surface area contributed by atoms with Crippen molar-refractivity contribution >= 4 is 22.4 Å². The van der Waals surface area contributed by atoms with Gasteiger partial charge in [-0.1, -0.05) is 19.9 Å². The molecule has 2 aliphatic heterocycles. The van der Waals surface area contributed by atoms with Gasteiger partial charge in [0.2, 0.25) is 0 Å². The number of ketones is 1. The molecule has 1 N–H and O–H groups in total. The molecule has 7 nitrogen and oxygen atoms in total. The Hall–Kier alpha value is -3.65. The molecule has 0 spiro atoms. The predicted octanol–water partition coefficient (Wildman–Crippen LogP) is 3.30. The monoisotopic (exact) mass is 451 g/mol. The number of carbonyl (C=O) groups is 1. The summed E-state index contributed by atoms with van der Waals surface area (Å²) in [6.07, 6.45) is 0. The summed E-state index contributed by atoms with van der Waals surface area (Å²) in [4.78, 5) is 21.9. The van der Waals surface area contributed by atoms with Crippen molar-refractivity contribution in [3.05, 3.63) is 63.8 Å². The maximum atomic E-state index is 13.7. The molecule has 7 heteroatoms. The average Bonchev–Trinajstić information content (AvgIpc) is 3.21. The lowest BCUT2D eigenvalue weighted by atomic mass is 9.70. The van der Waals surface area contributed by atoms with Crippen LogP contribution in [0, 0.1) is 22.7 Å². The largest absolute Gasteiger partial charge is 0.378 e. The average molecular weight is 452 g/mol. The number of hydrogen-bond acceptors (Lipinski definition) is 6. The van der Waals surface area contributed by atoms with Gasteiger partial charge in [-0.3, -0.25) is 9.69 Å². The Kier molecular flexibility index (Phi) is 4.57. The highest BCUT2D eigenvalue weighted by atomic mass is 16.5. The summed E-state index contributed by atoms with van der Waals surface area (Å²) in [6, 6.07) is 14.2. The second kappa shape index (κ2) is 7.43. The van der Waals surface area contributed by atoms with Crippen LogP contribution in [0.5, 0.6) is 0 Å². The third-order valence-corrected chi connectivity index (χ3v) is 7.75. The van der Waals surface area contributed by atoms with Crippen molar-refractivity contribution in [1.82, 2.24) is 9.88 Å². The van der Waals surface area contributed by atoms with E-state index in [-0.39, 0.29) is 5.78 Å². The Labute approximate surface area is 198 Å². The molecule has 0 bridgehead atoms. The molecule has 3 heterocycles. The minimum absolute atomic E-state index is 0.0712. The number of rotatable bonds is 2. The van der Waals surface area contributed by atoms with Crippen LogP contribution >= 0.6 is 0 Å². The Morgan fingerprint density at radius 2 is 1.82 bits per heavy atom. The van der Waals surface area contributed by atoms with Crippen molar-refractivity contribution in [1.29, 1.82) is 10.5 Å². The summed E-state index contributed by atoms with van der Waals surface area (Å²) in [5.41, 5.74) is 5.35. The minimum atomic E-state index is -0.460. The van der Waals surface area contributed by atoms with E-state index < -0.39 is 5.41 Å². The molecule has 1 aliphatic carbocycles. The second-order valence-electron chi connectivity index (χ2n) is 9.94. The molecular weight excluding hydrogens is 426 g/mol. The number of nitrogens with zero attached hydrogens (tertiary/aromatic N) is 4. The zero-order valence-electron chi connectivity index (χ0n) is 19.3. The third kappa shape index (κ3) is 2.91. The zero-order valence-corrected chi connectivity index (χ0v) is 19.3. The molecule has 2 aromatic carbocycles. The Morgan fingerprint density at radius 3 is 2.47 bits per heavy atom. The van der Waals surface area contributed by atoms with Crippen LogP contribution in [-0.4, -0.2) is 61.1 Å². The van der Waals surface area contributed by atoms with Crippen LogP contribution in [0.2, 0.25) is 0 Å². The molecule has 0 unspecified atom stereocenters. The first-order valence-corrected chi connectivity index (χ1v) is 11.7. The van der Waals surface area contributed by atoms with Gasteiger partial charge in [0.05, 0.1) is 47.7 Å². The molecule has 3 aromatic rings. The number of fused-ring (bicyclic) bond motifs is 4. The minimum Gasteiger partial charge on any atom is -0.378 e. The molecule has 170 valence electrons. The van der Waals surface area contributed by atoms with E-state index in [0.29, 0.717) is 28.3 Å². The van der Waals surface area contributed by atoms with Crippen LogP contribution in [0.3, 0.4) is 0 Å². The van der Waals surface area contributed by atoms with Gasteiger partial charge in [0.1, 0.15) is 6.07 Å². The molecule has 0 atom stereocenters. The van der Waals surface area contributed by atoms with Crippen LogP contribution in [0.4, 0.5) is 5.69 Å². The van der Waals surface area contributed by atoms with Crippen molar-refractivity contribution in [2.45, 2.75) is 25.3 Å². The first-order chi connectivity index (χ1) is 16.4. The van der Waals surface area contributed by atoms with E-state index >= 15 is 0 Å². The van der Waals surface area contributed by atoms with E-state index in [1.807, 2.05) is 6.07 Å². The third-order valence-electron chi connectivity index (χ3n) is 7.75. The number of ether oxygens (including phenoxy) is 1. The fraction of sp³-hybridized carbons (Fsp3) is 0.370. The number of carbonyl (C=O) groups excluding carboxylic acids is 1. The summed E-state index contributed by atoms with van der Waals surface area (Å²) in [6.45, 7) is 9.39. The summed E-state index contributed by atoms with van der Waals surface area (Å²) >= 11 is 0. The number of nitriles is 2. The molecule has 6 rings (SSSR count). The lowest BCUT2D eigenvalue weighted by Crippen LogP contribution is -2.56. The van der Waals surface area contributed by atoms with Crippen LogP contribution in [0.25, 0.3) is 10.9 Å². The summed E-state index contributed by atoms with van der Waals surface area (Å²) < 4.78 is 5.35. The van der Waals surface area contributed by atoms with Gasteiger partial charge in [-0.25, -0.2) is 0 Å². The van der Waals surface area contributed by atoms with Crippen molar-refractivity contribution in [3.8, 4) is 12.1 Å². The summed E-state index contributed by atoms with van der Waals surface area (Å²) in [5.74, 6) is -0.0712. The maximum Gasteiger partial charge on any atom is 0.195 e. The van der Waals surface area contributed by atoms with E-state index in [2.05, 4.69) is 46.8 Å². The zero-order chi connectivity index (χ0) is 23.6. The standard InChI is InChI=1S/C27H25N5O2/c1-27(2)21-11-23(32-7-5-31(6-8-32)18-14-34-15-18)17(13-29)10-20(21)25(33)24-19-4-3-16(12-28)9-22(19)30-26(24)27/h3-4,9-11,18,30H,5-8,14-15H2,1-2H3. The van der Waals surface area contributed by atoms with E-state index in [4.69, 9.17) is 4.74 Å². The Balaban J connectivity index is 1.43. The van der Waals surface area contributed by atoms with Gasteiger partial charge in [-0.15, -0.1) is 0 Å².